The Hall–Kier alpha value is -0.550. The summed E-state index contributed by atoms with van der Waals surface area (Å²) in [6.45, 7) is 0. The highest BCUT2D eigenvalue weighted by molar-refractivity contribution is 9.10. The van der Waals surface area contributed by atoms with Crippen molar-refractivity contribution in [1.29, 1.82) is 0 Å². The van der Waals surface area contributed by atoms with E-state index in [-0.39, 0.29) is 6.42 Å². The third kappa shape index (κ3) is 5.18. The van der Waals surface area contributed by atoms with Gasteiger partial charge in [0, 0.05) is 10.5 Å². The van der Waals surface area contributed by atoms with Crippen LogP contribution < -0.4 is 5.73 Å². The van der Waals surface area contributed by atoms with Crippen LogP contribution in [0.2, 0.25) is 0 Å². The first kappa shape index (κ1) is 12.5. The smallest absolute Gasteiger partial charge is 0.327 e. The van der Waals surface area contributed by atoms with E-state index in [0.29, 0.717) is 0 Å². The molecule has 0 fully saturated rings. The van der Waals surface area contributed by atoms with E-state index in [0.717, 1.165) is 10.0 Å². The zero-order valence-electron chi connectivity index (χ0n) is 7.89. The predicted octanol–water partition coefficient (Wildman–Crippen LogP) is 3.27. The van der Waals surface area contributed by atoms with E-state index < -0.39 is 18.6 Å². The molecule has 0 amide bonds. The average molecular weight is 282 g/mol. The van der Waals surface area contributed by atoms with Gasteiger partial charge in [-0.15, -0.1) is 0 Å². The fourth-order valence-corrected chi connectivity index (χ4v) is 1.78. The monoisotopic (exact) mass is 281 g/mol. The van der Waals surface area contributed by atoms with Crippen molar-refractivity contribution in [3.63, 3.8) is 0 Å². The third-order valence-electron chi connectivity index (χ3n) is 1.88. The molecule has 0 aliphatic rings. The van der Waals surface area contributed by atoms with Crippen molar-refractivity contribution in [1.82, 2.24) is 0 Å². The Morgan fingerprint density at radius 2 is 2.00 bits per heavy atom. The molecule has 15 heavy (non-hydrogen) atoms. The minimum absolute atomic E-state index is 0.235. The summed E-state index contributed by atoms with van der Waals surface area (Å²) in [6.07, 6.45) is -4.90. The van der Waals surface area contributed by atoms with Crippen molar-refractivity contribution in [2.24, 2.45) is 5.73 Å². The number of benzene rings is 1. The van der Waals surface area contributed by atoms with Gasteiger partial charge in [-0.2, -0.15) is 13.2 Å². The molecule has 0 aliphatic heterocycles. The van der Waals surface area contributed by atoms with E-state index in [1.54, 1.807) is 18.2 Å². The molecule has 0 aromatic heterocycles. The topological polar surface area (TPSA) is 26.0 Å². The highest BCUT2D eigenvalue weighted by Crippen LogP contribution is 2.22. The second-order valence-electron chi connectivity index (χ2n) is 3.41. The van der Waals surface area contributed by atoms with Crippen LogP contribution in [-0.2, 0) is 6.42 Å². The Kier molecular flexibility index (Phi) is 4.16. The first-order valence-corrected chi connectivity index (χ1v) is 5.23. The molecule has 1 rings (SSSR count). The maximum atomic E-state index is 12.0. The number of hydrogen-bond donors (Lipinski definition) is 1. The number of alkyl halides is 3. The molecule has 0 heterocycles. The molecular formula is C10H11BrF3N. The number of halogens is 4. The zero-order chi connectivity index (χ0) is 11.5. The van der Waals surface area contributed by atoms with Crippen LogP contribution >= 0.6 is 15.9 Å². The summed E-state index contributed by atoms with van der Waals surface area (Å²) in [4.78, 5) is 0. The summed E-state index contributed by atoms with van der Waals surface area (Å²) >= 11 is 3.25. The van der Waals surface area contributed by atoms with E-state index in [2.05, 4.69) is 15.9 Å². The third-order valence-corrected chi connectivity index (χ3v) is 2.37. The van der Waals surface area contributed by atoms with Crippen molar-refractivity contribution in [2.45, 2.75) is 25.1 Å². The summed E-state index contributed by atoms with van der Waals surface area (Å²) in [5.41, 5.74) is 6.21. The Morgan fingerprint density at radius 3 is 2.53 bits per heavy atom. The molecule has 5 heteroatoms. The highest BCUT2D eigenvalue weighted by atomic mass is 79.9. The van der Waals surface area contributed by atoms with Crippen molar-refractivity contribution in [2.75, 3.05) is 0 Å². The molecule has 1 aromatic carbocycles. The van der Waals surface area contributed by atoms with Gasteiger partial charge in [-0.1, -0.05) is 28.1 Å². The van der Waals surface area contributed by atoms with Crippen LogP contribution in [-0.4, -0.2) is 12.2 Å². The molecule has 2 N–H and O–H groups in total. The van der Waals surface area contributed by atoms with Crippen molar-refractivity contribution >= 4 is 15.9 Å². The average Bonchev–Trinajstić information content (AvgIpc) is 1.99. The zero-order valence-corrected chi connectivity index (χ0v) is 9.48. The fraction of sp³-hybridized carbons (Fsp3) is 0.400. The lowest BCUT2D eigenvalue weighted by Gasteiger charge is -2.14. The molecule has 1 unspecified atom stereocenters. The minimum atomic E-state index is -4.19. The normalized spacial score (nSPS) is 13.9. The fourth-order valence-electron chi connectivity index (χ4n) is 1.34. The molecule has 0 saturated carbocycles. The summed E-state index contributed by atoms with van der Waals surface area (Å²) in [5, 5.41) is 0. The van der Waals surface area contributed by atoms with Crippen LogP contribution in [0.4, 0.5) is 13.2 Å². The van der Waals surface area contributed by atoms with Gasteiger partial charge >= 0.3 is 6.18 Å². The summed E-state index contributed by atoms with van der Waals surface area (Å²) in [5.74, 6) is 0. The Balaban J connectivity index is 2.55. The van der Waals surface area contributed by atoms with Gasteiger partial charge in [0.15, 0.2) is 0 Å². The lowest BCUT2D eigenvalue weighted by Crippen LogP contribution is -2.29. The molecular weight excluding hydrogens is 271 g/mol. The molecule has 1 aromatic rings. The standard InChI is InChI=1S/C10H11BrF3N/c11-8-3-1-2-7(4-8)5-9(15)6-10(12,13)14/h1-4,9H,5-6,15H2. The van der Waals surface area contributed by atoms with Gasteiger partial charge in [0.05, 0.1) is 6.42 Å². The van der Waals surface area contributed by atoms with Gasteiger partial charge in [-0.3, -0.25) is 0 Å². The first-order chi connectivity index (χ1) is 6.87. The lowest BCUT2D eigenvalue weighted by atomic mass is 10.0. The van der Waals surface area contributed by atoms with Crippen LogP contribution in [0.15, 0.2) is 28.7 Å². The molecule has 1 atom stereocenters. The predicted molar refractivity (Wildman–Crippen MR) is 56.5 cm³/mol. The molecule has 0 saturated heterocycles. The van der Waals surface area contributed by atoms with Gasteiger partial charge in [-0.25, -0.2) is 0 Å². The van der Waals surface area contributed by atoms with E-state index in [1.807, 2.05) is 6.07 Å². The van der Waals surface area contributed by atoms with E-state index in [4.69, 9.17) is 5.73 Å². The molecule has 0 bridgehead atoms. The van der Waals surface area contributed by atoms with E-state index in [1.165, 1.54) is 0 Å². The quantitative estimate of drug-likeness (QED) is 0.904. The van der Waals surface area contributed by atoms with Crippen LogP contribution in [0.1, 0.15) is 12.0 Å². The second-order valence-corrected chi connectivity index (χ2v) is 4.33. The van der Waals surface area contributed by atoms with Gasteiger partial charge < -0.3 is 5.73 Å². The van der Waals surface area contributed by atoms with Gasteiger partial charge in [0.1, 0.15) is 0 Å². The Bertz CT molecular complexity index is 325. The maximum Gasteiger partial charge on any atom is 0.390 e. The van der Waals surface area contributed by atoms with Crippen molar-refractivity contribution < 1.29 is 13.2 Å². The second kappa shape index (κ2) is 4.99. The molecule has 0 radical (unpaired) electrons. The Labute approximate surface area is 94.6 Å². The van der Waals surface area contributed by atoms with Crippen LogP contribution in [0, 0.1) is 0 Å². The lowest BCUT2D eigenvalue weighted by molar-refractivity contribution is -0.138. The summed E-state index contributed by atoms with van der Waals surface area (Å²) in [7, 11) is 0. The summed E-state index contributed by atoms with van der Waals surface area (Å²) < 4.78 is 36.8. The van der Waals surface area contributed by atoms with Gasteiger partial charge in [0.2, 0.25) is 0 Å². The van der Waals surface area contributed by atoms with Gasteiger partial charge in [0.25, 0.3) is 0 Å². The van der Waals surface area contributed by atoms with Crippen LogP contribution in [0.3, 0.4) is 0 Å². The minimum Gasteiger partial charge on any atom is -0.327 e. The number of rotatable bonds is 3. The first-order valence-electron chi connectivity index (χ1n) is 4.43. The van der Waals surface area contributed by atoms with E-state index in [9.17, 15) is 13.2 Å². The van der Waals surface area contributed by atoms with Crippen LogP contribution in [0.25, 0.3) is 0 Å². The largest absolute Gasteiger partial charge is 0.390 e. The highest BCUT2D eigenvalue weighted by Gasteiger charge is 2.30. The summed E-state index contributed by atoms with van der Waals surface area (Å²) in [6, 6.07) is 6.26. The van der Waals surface area contributed by atoms with Gasteiger partial charge in [-0.05, 0) is 24.1 Å². The Morgan fingerprint density at radius 1 is 1.33 bits per heavy atom. The van der Waals surface area contributed by atoms with E-state index >= 15 is 0 Å². The molecule has 0 aliphatic carbocycles. The molecule has 0 spiro atoms. The maximum absolute atomic E-state index is 12.0. The number of nitrogens with two attached hydrogens (primary N) is 1. The molecule has 1 nitrogen and oxygen atoms in total. The van der Waals surface area contributed by atoms with Crippen LogP contribution in [0.5, 0.6) is 0 Å². The SMILES string of the molecule is NC(Cc1cccc(Br)c1)CC(F)(F)F. The molecule has 84 valence electrons. The van der Waals surface area contributed by atoms with Crippen molar-refractivity contribution in [3.05, 3.63) is 34.3 Å². The number of hydrogen-bond acceptors (Lipinski definition) is 1. The van der Waals surface area contributed by atoms with Crippen molar-refractivity contribution in [3.8, 4) is 0 Å².